The summed E-state index contributed by atoms with van der Waals surface area (Å²) in [6.45, 7) is 3.52. The Labute approximate surface area is 130 Å². The van der Waals surface area contributed by atoms with Crippen LogP contribution < -0.4 is 10.6 Å². The van der Waals surface area contributed by atoms with Gasteiger partial charge in [0.05, 0.1) is 20.7 Å². The number of aromatic nitrogens is 1. The number of halogens is 2. The number of carbonyl (C=O) groups excluding carboxylic acids is 1. The molecule has 2 atom stereocenters. The number of methoxy groups -OCH3 is 1. The predicted octanol–water partition coefficient (Wildman–Crippen LogP) is 1.69. The molecule has 3 N–H and O–H groups in total. The van der Waals surface area contributed by atoms with Gasteiger partial charge in [0, 0.05) is 19.3 Å². The number of rotatable bonds is 3. The molecule has 2 unspecified atom stereocenters. The lowest BCUT2D eigenvalue weighted by molar-refractivity contribution is 0.0475. The fourth-order valence-corrected chi connectivity index (χ4v) is 2.89. The molecule has 0 aliphatic carbocycles. The van der Waals surface area contributed by atoms with Crippen molar-refractivity contribution in [2.45, 2.75) is 25.5 Å². The van der Waals surface area contributed by atoms with E-state index < -0.39 is 0 Å². The van der Waals surface area contributed by atoms with Gasteiger partial charge in [-0.2, -0.15) is 0 Å². The highest BCUT2D eigenvalue weighted by atomic mass is 127. The molecule has 1 aromatic heterocycles. The first-order chi connectivity index (χ1) is 9.04. The van der Waals surface area contributed by atoms with Crippen molar-refractivity contribution in [2.24, 2.45) is 0 Å². The molecule has 0 saturated carbocycles. The Morgan fingerprint density at radius 3 is 2.89 bits per heavy atom. The van der Waals surface area contributed by atoms with Crippen molar-refractivity contribution in [3.05, 3.63) is 20.0 Å². The normalized spacial score (nSPS) is 23.4. The Hall–Kier alpha value is -0.310. The monoisotopic (exact) mass is 397 g/mol. The average molecular weight is 398 g/mol. The van der Waals surface area contributed by atoms with E-state index in [4.69, 9.17) is 16.3 Å². The maximum absolute atomic E-state index is 12.3. The van der Waals surface area contributed by atoms with Crippen LogP contribution in [-0.2, 0) is 4.74 Å². The topological polar surface area (TPSA) is 66.2 Å². The molecule has 1 fully saturated rings. The van der Waals surface area contributed by atoms with Gasteiger partial charge in [-0.25, -0.2) is 0 Å². The minimum Gasteiger partial charge on any atom is -0.378 e. The number of nitrogens with one attached hydrogen (secondary N) is 3. The van der Waals surface area contributed by atoms with Crippen LogP contribution in [0.1, 0.15) is 22.6 Å². The van der Waals surface area contributed by atoms with E-state index in [2.05, 4.69) is 38.2 Å². The molecular formula is C12H17ClIN3O2. The van der Waals surface area contributed by atoms with Crippen molar-refractivity contribution in [3.8, 4) is 0 Å². The lowest BCUT2D eigenvalue weighted by Crippen LogP contribution is -2.53. The molecule has 1 aliphatic rings. The Balaban J connectivity index is 2.09. The number of amides is 1. The second-order valence-corrected chi connectivity index (χ2v) is 6.06. The number of ether oxygens (including phenoxy) is 1. The van der Waals surface area contributed by atoms with Gasteiger partial charge < -0.3 is 20.4 Å². The quantitative estimate of drug-likeness (QED) is 0.680. The summed E-state index contributed by atoms with van der Waals surface area (Å²) >= 11 is 8.28. The van der Waals surface area contributed by atoms with Gasteiger partial charge in [0.15, 0.2) is 0 Å². The minimum absolute atomic E-state index is 0.00777. The van der Waals surface area contributed by atoms with E-state index in [0.29, 0.717) is 10.7 Å². The summed E-state index contributed by atoms with van der Waals surface area (Å²) in [5.41, 5.74) is 1.33. The SMILES string of the molecule is COC1CNCCC1NC(=O)c1[nH]c(C)c(I)c1Cl. The lowest BCUT2D eigenvalue weighted by atomic mass is 10.0. The maximum atomic E-state index is 12.3. The van der Waals surface area contributed by atoms with E-state index in [1.807, 2.05) is 6.92 Å². The van der Waals surface area contributed by atoms with E-state index in [1.54, 1.807) is 7.11 Å². The molecule has 7 heteroatoms. The van der Waals surface area contributed by atoms with Crippen LogP contribution in [0.4, 0.5) is 0 Å². The van der Waals surface area contributed by atoms with Gasteiger partial charge in [0.2, 0.25) is 0 Å². The zero-order valence-corrected chi connectivity index (χ0v) is 13.8. The summed E-state index contributed by atoms with van der Waals surface area (Å²) in [6.07, 6.45) is 0.838. The first-order valence-corrected chi connectivity index (χ1v) is 7.58. The second-order valence-electron chi connectivity index (χ2n) is 4.60. The Bertz CT molecular complexity index is 478. The van der Waals surface area contributed by atoms with Crippen LogP contribution in [0.5, 0.6) is 0 Å². The third-order valence-electron chi connectivity index (χ3n) is 3.33. The van der Waals surface area contributed by atoms with Crippen molar-refractivity contribution in [2.75, 3.05) is 20.2 Å². The fraction of sp³-hybridized carbons (Fsp3) is 0.583. The maximum Gasteiger partial charge on any atom is 0.269 e. The van der Waals surface area contributed by atoms with Crippen LogP contribution in [0, 0.1) is 10.5 Å². The van der Waals surface area contributed by atoms with Crippen molar-refractivity contribution in [1.29, 1.82) is 0 Å². The first-order valence-electron chi connectivity index (χ1n) is 6.12. The third-order valence-corrected chi connectivity index (χ3v) is 5.37. The van der Waals surface area contributed by atoms with Crippen molar-refractivity contribution in [1.82, 2.24) is 15.6 Å². The van der Waals surface area contributed by atoms with Crippen LogP contribution in [0.3, 0.4) is 0 Å². The molecule has 2 rings (SSSR count). The van der Waals surface area contributed by atoms with Crippen LogP contribution in [-0.4, -0.2) is 43.2 Å². The number of H-pyrrole nitrogens is 1. The Morgan fingerprint density at radius 2 is 2.32 bits per heavy atom. The smallest absolute Gasteiger partial charge is 0.269 e. The van der Waals surface area contributed by atoms with E-state index in [-0.39, 0.29) is 18.1 Å². The summed E-state index contributed by atoms with van der Waals surface area (Å²) in [7, 11) is 1.66. The number of hydrogen-bond acceptors (Lipinski definition) is 3. The van der Waals surface area contributed by atoms with Crippen molar-refractivity contribution >= 4 is 40.1 Å². The molecular weight excluding hydrogens is 381 g/mol. The van der Waals surface area contributed by atoms with Gasteiger partial charge >= 0.3 is 0 Å². The summed E-state index contributed by atoms with van der Waals surface area (Å²) in [5.74, 6) is -0.176. The van der Waals surface area contributed by atoms with Gasteiger partial charge in [-0.1, -0.05) is 11.6 Å². The number of aromatic amines is 1. The Morgan fingerprint density at radius 1 is 1.58 bits per heavy atom. The minimum atomic E-state index is -0.176. The summed E-state index contributed by atoms with van der Waals surface area (Å²) in [5, 5.41) is 6.72. The van der Waals surface area contributed by atoms with Crippen LogP contribution in [0.25, 0.3) is 0 Å². The van der Waals surface area contributed by atoms with Crippen LogP contribution in [0.15, 0.2) is 0 Å². The molecule has 0 radical (unpaired) electrons. The molecule has 0 aromatic carbocycles. The number of carbonyl (C=O) groups is 1. The molecule has 1 aromatic rings. The molecule has 106 valence electrons. The molecule has 2 heterocycles. The molecule has 1 amide bonds. The summed E-state index contributed by atoms with van der Waals surface area (Å²) in [4.78, 5) is 15.3. The van der Waals surface area contributed by atoms with Gasteiger partial charge in [0.1, 0.15) is 5.69 Å². The van der Waals surface area contributed by atoms with Crippen molar-refractivity contribution < 1.29 is 9.53 Å². The van der Waals surface area contributed by atoms with Gasteiger partial charge in [-0.15, -0.1) is 0 Å². The molecule has 0 spiro atoms. The van der Waals surface area contributed by atoms with Crippen LogP contribution >= 0.6 is 34.2 Å². The number of aryl methyl sites for hydroxylation is 1. The van der Waals surface area contributed by atoms with E-state index in [0.717, 1.165) is 28.8 Å². The van der Waals surface area contributed by atoms with Gasteiger partial charge in [-0.3, -0.25) is 4.79 Å². The van der Waals surface area contributed by atoms with Gasteiger partial charge in [-0.05, 0) is 42.5 Å². The standard InChI is InChI=1S/C12H17ClIN3O2/c1-6-10(14)9(13)11(16-6)12(18)17-7-3-4-15-5-8(7)19-2/h7-8,15-16H,3-5H2,1-2H3,(H,17,18). The van der Waals surface area contributed by atoms with E-state index in [1.165, 1.54) is 0 Å². The predicted molar refractivity (Wildman–Crippen MR) is 82.8 cm³/mol. The summed E-state index contributed by atoms with van der Waals surface area (Å²) < 4.78 is 6.26. The zero-order valence-electron chi connectivity index (χ0n) is 10.8. The molecule has 1 aliphatic heterocycles. The van der Waals surface area contributed by atoms with Crippen molar-refractivity contribution in [3.63, 3.8) is 0 Å². The highest BCUT2D eigenvalue weighted by Gasteiger charge is 2.28. The number of hydrogen-bond donors (Lipinski definition) is 3. The average Bonchev–Trinajstić information content (AvgIpc) is 2.67. The molecule has 0 bridgehead atoms. The van der Waals surface area contributed by atoms with Crippen LogP contribution in [0.2, 0.25) is 5.02 Å². The zero-order chi connectivity index (χ0) is 14.0. The molecule has 1 saturated heterocycles. The highest BCUT2D eigenvalue weighted by molar-refractivity contribution is 14.1. The second kappa shape index (κ2) is 6.43. The molecule has 19 heavy (non-hydrogen) atoms. The molecule has 5 nitrogen and oxygen atoms in total. The lowest BCUT2D eigenvalue weighted by Gasteiger charge is -2.31. The van der Waals surface area contributed by atoms with Gasteiger partial charge in [0.25, 0.3) is 5.91 Å². The highest BCUT2D eigenvalue weighted by Crippen LogP contribution is 2.26. The third kappa shape index (κ3) is 3.24. The first kappa shape index (κ1) is 15.1. The summed E-state index contributed by atoms with van der Waals surface area (Å²) in [6, 6.07) is 0.0103. The largest absolute Gasteiger partial charge is 0.378 e. The number of piperidine rings is 1. The van der Waals surface area contributed by atoms with E-state index >= 15 is 0 Å². The fourth-order valence-electron chi connectivity index (χ4n) is 2.21. The Kier molecular flexibility index (Phi) is 5.10. The van der Waals surface area contributed by atoms with E-state index in [9.17, 15) is 4.79 Å².